The van der Waals surface area contributed by atoms with Gasteiger partial charge in [-0.25, -0.2) is 9.18 Å². The Morgan fingerprint density at radius 3 is 2.64 bits per heavy atom. The number of alkyl halides is 1. The number of halogens is 2. The van der Waals surface area contributed by atoms with E-state index in [-0.39, 0.29) is 25.2 Å². The van der Waals surface area contributed by atoms with Gasteiger partial charge in [0.2, 0.25) is 0 Å². The largest absolute Gasteiger partial charge is 0.444 e. The van der Waals surface area contributed by atoms with Gasteiger partial charge in [-0.2, -0.15) is 0 Å². The summed E-state index contributed by atoms with van der Waals surface area (Å²) in [5.41, 5.74) is 7.08. The summed E-state index contributed by atoms with van der Waals surface area (Å²) >= 11 is 6.01. The van der Waals surface area contributed by atoms with Crippen LogP contribution in [0.15, 0.2) is 12.1 Å². The molecular weight excluding hydrogens is 347 g/mol. The van der Waals surface area contributed by atoms with Crippen LogP contribution in [0.4, 0.5) is 14.9 Å². The smallest absolute Gasteiger partial charge is 0.411 e. The maximum Gasteiger partial charge on any atom is 0.411 e. The van der Waals surface area contributed by atoms with Gasteiger partial charge in [-0.3, -0.25) is 9.69 Å². The molecule has 0 spiro atoms. The third kappa shape index (κ3) is 4.63. The van der Waals surface area contributed by atoms with Crippen LogP contribution in [-0.4, -0.2) is 41.1 Å². The number of carbonyl (C=O) groups excluding carboxylic acids is 2. The number of ether oxygens (including phenoxy) is 1. The number of nitrogen functional groups attached to an aromatic ring is 1. The molecule has 1 saturated heterocycles. The number of likely N-dealkylation sites (tertiary alicyclic amines) is 1. The summed E-state index contributed by atoms with van der Waals surface area (Å²) in [6.45, 7) is 6.80. The highest BCUT2D eigenvalue weighted by Crippen LogP contribution is 2.28. The predicted molar refractivity (Wildman–Crippen MR) is 95.6 cm³/mol. The fourth-order valence-corrected chi connectivity index (χ4v) is 2.99. The monoisotopic (exact) mass is 370 g/mol. The second-order valence-electron chi connectivity index (χ2n) is 7.37. The van der Waals surface area contributed by atoms with Crippen LogP contribution in [0.3, 0.4) is 0 Å². The number of nitrogens with zero attached hydrogens (tertiary/aromatic N) is 1. The van der Waals surface area contributed by atoms with Crippen LogP contribution in [0, 0.1) is 6.92 Å². The summed E-state index contributed by atoms with van der Waals surface area (Å²) in [5, 5.41) is 0.522. The number of amides is 1. The third-order valence-electron chi connectivity index (χ3n) is 4.15. The highest BCUT2D eigenvalue weighted by atomic mass is 35.5. The molecule has 1 aliphatic rings. The van der Waals surface area contributed by atoms with Gasteiger partial charge in [-0.05, 0) is 44.9 Å². The molecule has 0 bridgehead atoms. The molecule has 2 rings (SSSR count). The quantitative estimate of drug-likeness (QED) is 0.823. The Labute approximate surface area is 152 Å². The van der Waals surface area contributed by atoms with Crippen LogP contribution in [0.25, 0.3) is 0 Å². The van der Waals surface area contributed by atoms with Crippen LogP contribution in [0.2, 0.25) is 5.02 Å². The molecule has 1 fully saturated rings. The van der Waals surface area contributed by atoms with E-state index in [0.29, 0.717) is 21.8 Å². The summed E-state index contributed by atoms with van der Waals surface area (Å²) in [4.78, 5) is 26.1. The van der Waals surface area contributed by atoms with Gasteiger partial charge in [0.15, 0.2) is 5.78 Å². The lowest BCUT2D eigenvalue weighted by Crippen LogP contribution is -2.44. The molecule has 1 aromatic rings. The number of rotatable bonds is 3. The molecule has 1 amide bonds. The first-order chi connectivity index (χ1) is 11.5. The standard InChI is InChI=1S/C18H24ClFN2O3/c1-10-13(19)6-5-11(16(10)21)7-15(23)14-8-12(20)9-22(14)17(24)25-18(2,3)4/h5-6,12,14H,7-9,21H2,1-4H3/t12-,14-/m0/s1. The highest BCUT2D eigenvalue weighted by molar-refractivity contribution is 6.31. The Morgan fingerprint density at radius 2 is 2.04 bits per heavy atom. The van der Waals surface area contributed by atoms with E-state index in [0.717, 1.165) is 0 Å². The van der Waals surface area contributed by atoms with Crippen LogP contribution < -0.4 is 5.73 Å². The number of ketones is 1. The summed E-state index contributed by atoms with van der Waals surface area (Å²) in [6.07, 6.45) is -1.93. The van der Waals surface area contributed by atoms with E-state index < -0.39 is 23.9 Å². The van der Waals surface area contributed by atoms with E-state index >= 15 is 0 Å². The van der Waals surface area contributed by atoms with E-state index in [9.17, 15) is 14.0 Å². The fourth-order valence-electron chi connectivity index (χ4n) is 2.83. The molecule has 7 heteroatoms. The summed E-state index contributed by atoms with van der Waals surface area (Å²) in [7, 11) is 0. The van der Waals surface area contributed by atoms with Crippen LogP contribution >= 0.6 is 11.6 Å². The van der Waals surface area contributed by atoms with Gasteiger partial charge in [0.05, 0.1) is 12.6 Å². The number of hydrogen-bond acceptors (Lipinski definition) is 4. The van der Waals surface area contributed by atoms with Crippen molar-refractivity contribution in [3.63, 3.8) is 0 Å². The van der Waals surface area contributed by atoms with Crippen molar-refractivity contribution in [3.8, 4) is 0 Å². The van der Waals surface area contributed by atoms with E-state index in [1.54, 1.807) is 39.8 Å². The van der Waals surface area contributed by atoms with Crippen molar-refractivity contribution in [3.05, 3.63) is 28.3 Å². The minimum Gasteiger partial charge on any atom is -0.444 e. The average Bonchev–Trinajstić information content (AvgIpc) is 2.88. The van der Waals surface area contributed by atoms with Crippen molar-refractivity contribution in [1.29, 1.82) is 0 Å². The molecular formula is C18H24ClFN2O3. The van der Waals surface area contributed by atoms with Crippen molar-refractivity contribution in [2.75, 3.05) is 12.3 Å². The van der Waals surface area contributed by atoms with Gasteiger partial charge < -0.3 is 10.5 Å². The number of benzene rings is 1. The van der Waals surface area contributed by atoms with E-state index in [4.69, 9.17) is 22.1 Å². The van der Waals surface area contributed by atoms with E-state index in [1.165, 1.54) is 4.90 Å². The second-order valence-corrected chi connectivity index (χ2v) is 7.78. The zero-order valence-electron chi connectivity index (χ0n) is 14.9. The van der Waals surface area contributed by atoms with Crippen LogP contribution in [0.1, 0.15) is 38.3 Å². The topological polar surface area (TPSA) is 72.6 Å². The summed E-state index contributed by atoms with van der Waals surface area (Å²) in [6, 6.07) is 2.51. The number of carbonyl (C=O) groups is 2. The Morgan fingerprint density at radius 1 is 1.40 bits per heavy atom. The van der Waals surface area contributed by atoms with Gasteiger partial charge in [-0.1, -0.05) is 17.7 Å². The molecule has 1 aliphatic heterocycles. The minimum absolute atomic E-state index is 0.0144. The van der Waals surface area contributed by atoms with Crippen molar-refractivity contribution >= 4 is 29.2 Å². The Balaban J connectivity index is 2.16. The molecule has 0 aliphatic carbocycles. The van der Waals surface area contributed by atoms with Gasteiger partial charge in [0.1, 0.15) is 11.8 Å². The van der Waals surface area contributed by atoms with E-state index in [1.807, 2.05) is 0 Å². The second kappa shape index (κ2) is 7.20. The normalized spacial score (nSPS) is 20.6. The number of nitrogens with two attached hydrogens (primary N) is 1. The third-order valence-corrected chi connectivity index (χ3v) is 4.56. The first kappa shape index (κ1) is 19.5. The van der Waals surface area contributed by atoms with Crippen LogP contribution in [-0.2, 0) is 16.0 Å². The molecule has 0 saturated carbocycles. The highest BCUT2D eigenvalue weighted by Gasteiger charge is 2.41. The predicted octanol–water partition coefficient (Wildman–Crippen LogP) is 3.69. The molecule has 0 radical (unpaired) electrons. The minimum atomic E-state index is -1.24. The molecule has 25 heavy (non-hydrogen) atoms. The summed E-state index contributed by atoms with van der Waals surface area (Å²) in [5.74, 6) is -0.264. The number of anilines is 1. The zero-order chi connectivity index (χ0) is 18.9. The molecule has 5 nitrogen and oxygen atoms in total. The molecule has 1 aromatic carbocycles. The van der Waals surface area contributed by atoms with Crippen molar-refractivity contribution < 1.29 is 18.7 Å². The van der Waals surface area contributed by atoms with Gasteiger partial charge >= 0.3 is 6.09 Å². The number of Topliss-reactive ketones (excluding diaryl/α,β-unsaturated/α-hetero) is 1. The van der Waals surface area contributed by atoms with Gasteiger partial charge in [-0.15, -0.1) is 0 Å². The average molecular weight is 371 g/mol. The number of hydrogen-bond donors (Lipinski definition) is 1. The van der Waals surface area contributed by atoms with Gasteiger partial charge in [0.25, 0.3) is 0 Å². The molecule has 0 aromatic heterocycles. The molecule has 138 valence electrons. The molecule has 2 N–H and O–H groups in total. The Hall–Kier alpha value is -1.82. The van der Waals surface area contributed by atoms with Crippen LogP contribution in [0.5, 0.6) is 0 Å². The van der Waals surface area contributed by atoms with Crippen molar-refractivity contribution in [1.82, 2.24) is 4.90 Å². The molecule has 1 heterocycles. The maximum atomic E-state index is 13.9. The fraction of sp³-hybridized carbons (Fsp3) is 0.556. The Bertz CT molecular complexity index is 688. The van der Waals surface area contributed by atoms with Crippen molar-refractivity contribution in [2.24, 2.45) is 0 Å². The lowest BCUT2D eigenvalue weighted by Gasteiger charge is -2.27. The summed E-state index contributed by atoms with van der Waals surface area (Å²) < 4.78 is 19.2. The molecule has 2 atom stereocenters. The molecule has 0 unspecified atom stereocenters. The first-order valence-corrected chi connectivity index (χ1v) is 8.57. The lowest BCUT2D eigenvalue weighted by atomic mass is 9.98. The van der Waals surface area contributed by atoms with Crippen molar-refractivity contribution in [2.45, 2.75) is 58.4 Å². The Kier molecular flexibility index (Phi) is 5.62. The first-order valence-electron chi connectivity index (χ1n) is 8.19. The lowest BCUT2D eigenvalue weighted by molar-refractivity contribution is -0.122. The maximum absolute atomic E-state index is 13.9. The zero-order valence-corrected chi connectivity index (χ0v) is 15.7. The van der Waals surface area contributed by atoms with Gasteiger partial charge in [0, 0.05) is 23.6 Å². The van der Waals surface area contributed by atoms with E-state index in [2.05, 4.69) is 0 Å². The SMILES string of the molecule is Cc1c(Cl)ccc(CC(=O)[C@@H]2C[C@H](F)CN2C(=O)OC(C)(C)C)c1N.